The highest BCUT2D eigenvalue weighted by Gasteiger charge is 2.20. The Labute approximate surface area is 175 Å². The van der Waals surface area contributed by atoms with Crippen molar-refractivity contribution in [2.45, 2.75) is 32.2 Å². The topological polar surface area (TPSA) is 50.2 Å². The van der Waals surface area contributed by atoms with Gasteiger partial charge in [-0.2, -0.15) is 23.1 Å². The standard InChI is InChI=1S/C21H28N4OS2/c1-4-24(5-2)19(16-10-11-28-14-16)12-22-21(26)13-25-18-9-7-6-8-17(18)23-20(25)15-27-3/h6-11,14,19H,4-5,12-13,15H2,1-3H3,(H,22,26)/t19-/m1/s1. The zero-order valence-corrected chi connectivity index (χ0v) is 18.4. The van der Waals surface area contributed by atoms with Crippen LogP contribution in [0.2, 0.25) is 0 Å². The van der Waals surface area contributed by atoms with Crippen LogP contribution in [0.3, 0.4) is 0 Å². The monoisotopic (exact) mass is 416 g/mol. The molecular formula is C21H28N4OS2. The third kappa shape index (κ3) is 4.77. The Balaban J connectivity index is 1.73. The summed E-state index contributed by atoms with van der Waals surface area (Å²) >= 11 is 3.42. The highest BCUT2D eigenvalue weighted by atomic mass is 32.2. The molecule has 1 N–H and O–H groups in total. The number of hydrogen-bond donors (Lipinski definition) is 1. The lowest BCUT2D eigenvalue weighted by Gasteiger charge is -2.29. The van der Waals surface area contributed by atoms with Crippen molar-refractivity contribution in [3.8, 4) is 0 Å². The maximum absolute atomic E-state index is 12.8. The molecule has 0 aliphatic heterocycles. The van der Waals surface area contributed by atoms with E-state index in [1.54, 1.807) is 23.1 Å². The molecule has 150 valence electrons. The van der Waals surface area contributed by atoms with Crippen molar-refractivity contribution >= 4 is 40.0 Å². The largest absolute Gasteiger partial charge is 0.353 e. The van der Waals surface area contributed by atoms with Crippen molar-refractivity contribution < 1.29 is 4.79 Å². The minimum atomic E-state index is 0.0258. The van der Waals surface area contributed by atoms with Gasteiger partial charge < -0.3 is 9.88 Å². The Kier molecular flexibility index (Phi) is 7.53. The van der Waals surface area contributed by atoms with Gasteiger partial charge in [0.25, 0.3) is 0 Å². The van der Waals surface area contributed by atoms with Crippen molar-refractivity contribution in [2.24, 2.45) is 0 Å². The molecule has 2 heterocycles. The van der Waals surface area contributed by atoms with Gasteiger partial charge in [-0.25, -0.2) is 4.98 Å². The van der Waals surface area contributed by atoms with Gasteiger partial charge in [0.1, 0.15) is 12.4 Å². The van der Waals surface area contributed by atoms with Gasteiger partial charge in [0.05, 0.1) is 22.8 Å². The molecule has 0 aliphatic carbocycles. The molecule has 0 spiro atoms. The summed E-state index contributed by atoms with van der Waals surface area (Å²) in [5, 5.41) is 7.43. The summed E-state index contributed by atoms with van der Waals surface area (Å²) in [5.41, 5.74) is 3.23. The van der Waals surface area contributed by atoms with Crippen LogP contribution in [0.1, 0.15) is 31.3 Å². The third-order valence-electron chi connectivity index (χ3n) is 4.98. The average Bonchev–Trinajstić information content (AvgIpc) is 3.34. The molecule has 2 aromatic heterocycles. The summed E-state index contributed by atoms with van der Waals surface area (Å²) in [4.78, 5) is 19.9. The van der Waals surface area contributed by atoms with Crippen LogP contribution in [-0.2, 0) is 17.1 Å². The summed E-state index contributed by atoms with van der Waals surface area (Å²) in [5.74, 6) is 1.76. The van der Waals surface area contributed by atoms with Gasteiger partial charge in [-0.15, -0.1) is 0 Å². The molecule has 0 unspecified atom stereocenters. The van der Waals surface area contributed by atoms with E-state index in [1.807, 2.05) is 28.8 Å². The van der Waals surface area contributed by atoms with Crippen molar-refractivity contribution in [3.63, 3.8) is 0 Å². The zero-order chi connectivity index (χ0) is 19.9. The molecule has 0 bridgehead atoms. The molecule has 1 aromatic carbocycles. The predicted octanol–water partition coefficient (Wildman–Crippen LogP) is 4.16. The molecule has 0 fully saturated rings. The van der Waals surface area contributed by atoms with Gasteiger partial charge in [0.15, 0.2) is 0 Å². The number of carbonyl (C=O) groups excluding carboxylic acids is 1. The highest BCUT2D eigenvalue weighted by Crippen LogP contribution is 2.22. The summed E-state index contributed by atoms with van der Waals surface area (Å²) in [6.45, 7) is 7.15. The van der Waals surface area contributed by atoms with Crippen LogP contribution >= 0.6 is 23.1 Å². The number of likely N-dealkylation sites (N-methyl/N-ethyl adjacent to an activating group) is 1. The summed E-state index contributed by atoms with van der Waals surface area (Å²) in [6, 6.07) is 10.4. The molecule has 3 rings (SSSR count). The first-order valence-electron chi connectivity index (χ1n) is 9.63. The minimum Gasteiger partial charge on any atom is -0.353 e. The second-order valence-corrected chi connectivity index (χ2v) is 8.28. The fourth-order valence-electron chi connectivity index (χ4n) is 3.54. The van der Waals surface area contributed by atoms with Gasteiger partial charge in [-0.1, -0.05) is 26.0 Å². The van der Waals surface area contributed by atoms with Crippen LogP contribution < -0.4 is 5.32 Å². The van der Waals surface area contributed by atoms with Gasteiger partial charge >= 0.3 is 0 Å². The fourth-order valence-corrected chi connectivity index (χ4v) is 4.72. The van der Waals surface area contributed by atoms with Crippen LogP contribution in [0.25, 0.3) is 11.0 Å². The molecule has 1 atom stereocenters. The van der Waals surface area contributed by atoms with Crippen molar-refractivity contribution in [1.29, 1.82) is 0 Å². The Morgan fingerprint density at radius 1 is 1.29 bits per heavy atom. The van der Waals surface area contributed by atoms with E-state index in [1.165, 1.54) is 5.56 Å². The quantitative estimate of drug-likeness (QED) is 0.539. The van der Waals surface area contributed by atoms with Gasteiger partial charge in [-0.3, -0.25) is 9.69 Å². The van der Waals surface area contributed by atoms with Gasteiger partial charge in [0.2, 0.25) is 5.91 Å². The minimum absolute atomic E-state index is 0.0258. The van der Waals surface area contributed by atoms with E-state index >= 15 is 0 Å². The number of thioether (sulfide) groups is 1. The van der Waals surface area contributed by atoms with Crippen LogP contribution in [-0.4, -0.2) is 46.2 Å². The average molecular weight is 417 g/mol. The number of nitrogens with zero attached hydrogens (tertiary/aromatic N) is 3. The second kappa shape index (κ2) is 10.1. The lowest BCUT2D eigenvalue weighted by atomic mass is 10.1. The third-order valence-corrected chi connectivity index (χ3v) is 6.23. The highest BCUT2D eigenvalue weighted by molar-refractivity contribution is 7.97. The van der Waals surface area contributed by atoms with E-state index in [0.717, 1.165) is 35.7 Å². The zero-order valence-electron chi connectivity index (χ0n) is 16.7. The number of thiophene rings is 1. The first-order chi connectivity index (χ1) is 13.7. The summed E-state index contributed by atoms with van der Waals surface area (Å²) in [7, 11) is 0. The van der Waals surface area contributed by atoms with E-state index in [4.69, 9.17) is 4.98 Å². The summed E-state index contributed by atoms with van der Waals surface area (Å²) in [6.07, 6.45) is 2.05. The molecule has 0 saturated carbocycles. The molecule has 0 aliphatic rings. The normalized spacial score (nSPS) is 12.6. The van der Waals surface area contributed by atoms with E-state index in [0.29, 0.717) is 13.1 Å². The van der Waals surface area contributed by atoms with E-state index in [-0.39, 0.29) is 11.9 Å². The number of fused-ring (bicyclic) bond motifs is 1. The molecular weight excluding hydrogens is 388 g/mol. The van der Waals surface area contributed by atoms with Crippen LogP contribution in [0.4, 0.5) is 0 Å². The number of aromatic nitrogens is 2. The molecule has 0 radical (unpaired) electrons. The molecule has 7 heteroatoms. The summed E-state index contributed by atoms with van der Waals surface area (Å²) < 4.78 is 2.04. The number of benzene rings is 1. The lowest BCUT2D eigenvalue weighted by molar-refractivity contribution is -0.121. The van der Waals surface area contributed by atoms with Gasteiger partial charge in [-0.05, 0) is 53.9 Å². The SMILES string of the molecule is CCN(CC)[C@H](CNC(=O)Cn1c(CSC)nc2ccccc21)c1ccsc1. The van der Waals surface area contributed by atoms with Crippen LogP contribution in [0.15, 0.2) is 41.1 Å². The molecule has 1 amide bonds. The van der Waals surface area contributed by atoms with Gasteiger partial charge in [0, 0.05) is 6.54 Å². The Morgan fingerprint density at radius 2 is 2.07 bits per heavy atom. The first kappa shape index (κ1) is 20.9. The number of nitrogens with one attached hydrogen (secondary N) is 1. The fraction of sp³-hybridized carbons (Fsp3) is 0.429. The lowest BCUT2D eigenvalue weighted by Crippen LogP contribution is -2.39. The van der Waals surface area contributed by atoms with Crippen molar-refractivity contribution in [3.05, 3.63) is 52.5 Å². The smallest absolute Gasteiger partial charge is 0.240 e. The number of hydrogen-bond acceptors (Lipinski definition) is 5. The maximum Gasteiger partial charge on any atom is 0.240 e. The Hall–Kier alpha value is -1.83. The molecule has 28 heavy (non-hydrogen) atoms. The van der Waals surface area contributed by atoms with Crippen LogP contribution in [0.5, 0.6) is 0 Å². The van der Waals surface area contributed by atoms with Crippen molar-refractivity contribution in [2.75, 3.05) is 25.9 Å². The van der Waals surface area contributed by atoms with E-state index in [9.17, 15) is 4.79 Å². The molecule has 5 nitrogen and oxygen atoms in total. The predicted molar refractivity (Wildman–Crippen MR) is 120 cm³/mol. The second-order valence-electron chi connectivity index (χ2n) is 6.63. The number of carbonyl (C=O) groups is 1. The molecule has 0 saturated heterocycles. The van der Waals surface area contributed by atoms with Crippen LogP contribution in [0, 0.1) is 0 Å². The number of rotatable bonds is 10. The Bertz CT molecular complexity index is 887. The molecule has 3 aromatic rings. The number of para-hydroxylation sites is 2. The van der Waals surface area contributed by atoms with Crippen molar-refractivity contribution in [1.82, 2.24) is 19.8 Å². The maximum atomic E-state index is 12.8. The van der Waals surface area contributed by atoms with E-state index < -0.39 is 0 Å². The number of imidazole rings is 1. The Morgan fingerprint density at radius 3 is 2.75 bits per heavy atom. The number of amides is 1. The van der Waals surface area contributed by atoms with E-state index in [2.05, 4.69) is 47.1 Å². The first-order valence-corrected chi connectivity index (χ1v) is 12.0.